The van der Waals surface area contributed by atoms with E-state index in [0.717, 1.165) is 25.1 Å². The molecule has 1 amide bonds. The van der Waals surface area contributed by atoms with Crippen LogP contribution in [0.15, 0.2) is 24.4 Å². The number of amides is 1. The summed E-state index contributed by atoms with van der Waals surface area (Å²) in [5.74, 6) is 0.809. The number of nitrogens with zero attached hydrogens (tertiary/aromatic N) is 3. The fraction of sp³-hybridized carbons (Fsp3) is 0.577. The highest BCUT2D eigenvalue weighted by Crippen LogP contribution is 2.53. The van der Waals surface area contributed by atoms with Crippen molar-refractivity contribution in [3.63, 3.8) is 0 Å². The number of hydrogen-bond donors (Lipinski definition) is 4. The van der Waals surface area contributed by atoms with Gasteiger partial charge >= 0.3 is 7.60 Å². The quantitative estimate of drug-likeness (QED) is 0.332. The highest BCUT2D eigenvalue weighted by molar-refractivity contribution is 7.51. The first-order chi connectivity index (χ1) is 18.1. The Hall–Kier alpha value is -2.23. The van der Waals surface area contributed by atoms with Gasteiger partial charge in [-0.3, -0.25) is 9.36 Å². The lowest BCUT2D eigenvalue weighted by Crippen LogP contribution is -2.39. The van der Waals surface area contributed by atoms with Gasteiger partial charge < -0.3 is 30.1 Å². The number of halogens is 1. The molecule has 1 unspecified atom stereocenters. The van der Waals surface area contributed by atoms with Crippen LogP contribution in [0.1, 0.15) is 66.4 Å². The Morgan fingerprint density at radius 1 is 1.26 bits per heavy atom. The molecule has 0 radical (unpaired) electrons. The van der Waals surface area contributed by atoms with Crippen LogP contribution in [0.4, 0.5) is 11.8 Å². The average Bonchev–Trinajstić information content (AvgIpc) is 3.51. The molecule has 1 atom stereocenters. The van der Waals surface area contributed by atoms with Gasteiger partial charge in [0.15, 0.2) is 0 Å². The number of aromatic nitrogens is 2. The van der Waals surface area contributed by atoms with Gasteiger partial charge in [-0.15, -0.1) is 0 Å². The molecule has 5 rings (SSSR count). The largest absolute Gasteiger partial charge is 0.392 e. The maximum atomic E-state index is 13.3. The average molecular weight is 564 g/mol. The Morgan fingerprint density at radius 2 is 2.03 bits per heavy atom. The van der Waals surface area contributed by atoms with E-state index in [1.54, 1.807) is 18.3 Å². The molecule has 2 heterocycles. The first-order valence-corrected chi connectivity index (χ1v) is 15.6. The molecule has 38 heavy (non-hydrogen) atoms. The van der Waals surface area contributed by atoms with Crippen LogP contribution in [0.2, 0.25) is 5.02 Å². The van der Waals surface area contributed by atoms with Gasteiger partial charge in [-0.05, 0) is 67.6 Å². The summed E-state index contributed by atoms with van der Waals surface area (Å²) in [5.41, 5.74) is 2.33. The van der Waals surface area contributed by atoms with Crippen molar-refractivity contribution in [2.24, 2.45) is 5.41 Å². The zero-order chi connectivity index (χ0) is 26.9. The number of nitrogens with one attached hydrogen (secondary N) is 2. The zero-order valence-electron chi connectivity index (χ0n) is 21.5. The molecule has 1 saturated heterocycles. The van der Waals surface area contributed by atoms with Crippen molar-refractivity contribution in [3.05, 3.63) is 46.1 Å². The van der Waals surface area contributed by atoms with Gasteiger partial charge in [0.1, 0.15) is 11.4 Å². The van der Waals surface area contributed by atoms with Crippen molar-refractivity contribution in [3.8, 4) is 0 Å². The first kappa shape index (κ1) is 27.3. The van der Waals surface area contributed by atoms with E-state index in [1.165, 1.54) is 19.5 Å². The van der Waals surface area contributed by atoms with Crippen LogP contribution in [-0.4, -0.2) is 57.8 Å². The second-order valence-corrected chi connectivity index (χ2v) is 13.1. The summed E-state index contributed by atoms with van der Waals surface area (Å²) in [6, 6.07) is 5.39. The predicted octanol–water partition coefficient (Wildman–Crippen LogP) is 4.10. The molecule has 10 nitrogen and oxygen atoms in total. The third-order valence-electron chi connectivity index (χ3n) is 7.80. The minimum atomic E-state index is -3.53. The molecule has 0 bridgehead atoms. The van der Waals surface area contributed by atoms with Crippen LogP contribution >= 0.6 is 19.2 Å². The molecular formula is C26H35ClN5O5P. The summed E-state index contributed by atoms with van der Waals surface area (Å²) in [6.07, 6.45) is 7.48. The van der Waals surface area contributed by atoms with E-state index in [0.29, 0.717) is 65.6 Å². The summed E-state index contributed by atoms with van der Waals surface area (Å²) >= 11 is 6.27. The summed E-state index contributed by atoms with van der Waals surface area (Å²) < 4.78 is 16.8. The Morgan fingerprint density at radius 3 is 2.66 bits per heavy atom. The fourth-order valence-electron chi connectivity index (χ4n) is 5.38. The van der Waals surface area contributed by atoms with E-state index in [4.69, 9.17) is 21.1 Å². The molecule has 2 saturated carbocycles. The number of carbonyl (C=O) groups is 1. The Kier molecular flexibility index (Phi) is 7.99. The van der Waals surface area contributed by atoms with E-state index < -0.39 is 7.60 Å². The van der Waals surface area contributed by atoms with Crippen molar-refractivity contribution >= 4 is 36.9 Å². The third kappa shape index (κ3) is 6.66. The van der Waals surface area contributed by atoms with Crippen LogP contribution in [0.25, 0.3) is 0 Å². The van der Waals surface area contributed by atoms with E-state index in [2.05, 4.69) is 20.5 Å². The lowest BCUT2D eigenvalue weighted by atomic mass is 9.93. The van der Waals surface area contributed by atoms with Gasteiger partial charge in [-0.1, -0.05) is 23.7 Å². The Balaban J connectivity index is 1.29. The highest BCUT2D eigenvalue weighted by Gasteiger charge is 2.48. The van der Waals surface area contributed by atoms with Gasteiger partial charge in [-0.25, -0.2) is 4.98 Å². The third-order valence-corrected chi connectivity index (χ3v) is 8.84. The lowest BCUT2D eigenvalue weighted by molar-refractivity contribution is 0.0881. The van der Waals surface area contributed by atoms with Crippen molar-refractivity contribution in [1.82, 2.24) is 15.3 Å². The second-order valence-electron chi connectivity index (χ2n) is 10.9. The van der Waals surface area contributed by atoms with Crippen LogP contribution in [0.3, 0.4) is 0 Å². The van der Waals surface area contributed by atoms with E-state index in [-0.39, 0.29) is 24.7 Å². The van der Waals surface area contributed by atoms with Gasteiger partial charge in [0, 0.05) is 43.6 Å². The second kappa shape index (κ2) is 11.1. The molecule has 3 aliphatic rings. The van der Waals surface area contributed by atoms with Gasteiger partial charge in [0.25, 0.3) is 5.91 Å². The predicted molar refractivity (Wildman–Crippen MR) is 146 cm³/mol. The summed E-state index contributed by atoms with van der Waals surface area (Å²) in [5, 5.41) is 16.3. The molecule has 1 spiro atoms. The molecule has 2 aliphatic carbocycles. The highest BCUT2D eigenvalue weighted by atomic mass is 35.5. The maximum Gasteiger partial charge on any atom is 0.325 e. The molecule has 4 N–H and O–H groups in total. The van der Waals surface area contributed by atoms with Crippen LogP contribution in [0, 0.1) is 5.41 Å². The molecule has 1 aliphatic heterocycles. The van der Waals surface area contributed by atoms with Gasteiger partial charge in [-0.2, -0.15) is 4.98 Å². The fourth-order valence-corrected chi connectivity index (χ4v) is 6.41. The number of hydrogen-bond acceptors (Lipinski definition) is 8. The minimum absolute atomic E-state index is 0.0667. The van der Waals surface area contributed by atoms with E-state index in [1.807, 2.05) is 6.07 Å². The summed E-state index contributed by atoms with van der Waals surface area (Å²) in [6.45, 7) is 3.32. The number of rotatable bonds is 9. The SMILES string of the molecule is CP(=O)(O)O[C@H]1CC[C@H](NC(=O)c2cnc(N3CCC4(CC4)C3)nc2NCc2ccc(CO)c(Cl)c2)CC1. The normalized spacial score (nSPS) is 23.7. The van der Waals surface area contributed by atoms with Crippen LogP contribution in [-0.2, 0) is 22.2 Å². The van der Waals surface area contributed by atoms with Gasteiger partial charge in [0.05, 0.1) is 12.7 Å². The molecular weight excluding hydrogens is 529 g/mol. The van der Waals surface area contributed by atoms with Crippen molar-refractivity contribution < 1.29 is 23.9 Å². The number of anilines is 2. The Labute approximate surface area is 227 Å². The minimum Gasteiger partial charge on any atom is -0.392 e. The number of aliphatic hydroxyl groups excluding tert-OH is 1. The number of aliphatic hydroxyl groups is 1. The number of carbonyl (C=O) groups excluding carboxylic acids is 1. The van der Waals surface area contributed by atoms with E-state index in [9.17, 15) is 19.4 Å². The van der Waals surface area contributed by atoms with Crippen LogP contribution in [0.5, 0.6) is 0 Å². The monoisotopic (exact) mass is 563 g/mol. The maximum absolute atomic E-state index is 13.3. The summed E-state index contributed by atoms with van der Waals surface area (Å²) in [7, 11) is -3.53. The Bertz CT molecular complexity index is 1230. The van der Waals surface area contributed by atoms with Crippen molar-refractivity contribution in [1.29, 1.82) is 0 Å². The molecule has 1 aromatic carbocycles. The smallest absolute Gasteiger partial charge is 0.325 e. The molecule has 2 aromatic rings. The topological polar surface area (TPSA) is 137 Å². The van der Waals surface area contributed by atoms with Crippen molar-refractivity contribution in [2.45, 2.75) is 70.2 Å². The molecule has 1 aromatic heterocycles. The lowest BCUT2D eigenvalue weighted by Gasteiger charge is -2.29. The summed E-state index contributed by atoms with van der Waals surface area (Å²) in [4.78, 5) is 34.4. The number of benzene rings is 1. The molecule has 3 fully saturated rings. The van der Waals surface area contributed by atoms with Gasteiger partial charge in [0.2, 0.25) is 5.95 Å². The molecule has 206 valence electrons. The van der Waals surface area contributed by atoms with Crippen molar-refractivity contribution in [2.75, 3.05) is 30.0 Å². The van der Waals surface area contributed by atoms with Crippen LogP contribution < -0.4 is 15.5 Å². The van der Waals surface area contributed by atoms with E-state index >= 15 is 0 Å². The standard InChI is InChI=1S/C26H35ClN5O5P/c1-38(35,36)37-20-6-4-19(5-7-20)30-24(34)21-14-29-25(32-11-10-26(16-32)8-9-26)31-23(21)28-13-17-2-3-18(15-33)22(27)12-17/h2-3,12,14,19-20,33H,4-11,13,15-16H2,1H3,(H,30,34)(H,35,36)(H,28,29,31)/t19-,20-. The zero-order valence-corrected chi connectivity index (χ0v) is 23.2. The molecule has 12 heteroatoms. The first-order valence-electron chi connectivity index (χ1n) is 13.2.